The summed E-state index contributed by atoms with van der Waals surface area (Å²) in [6, 6.07) is 0. The molecular weight excluding hydrogens is 172 g/mol. The third-order valence-electron chi connectivity index (χ3n) is 1.15. The maximum absolute atomic E-state index is 10.7. The number of carbonyl (C=O) groups is 1. The van der Waals surface area contributed by atoms with E-state index in [1.165, 1.54) is 19.9 Å². The monoisotopic (exact) mass is 180 g/mol. The van der Waals surface area contributed by atoms with Gasteiger partial charge in [0, 0.05) is 14.2 Å². The van der Waals surface area contributed by atoms with Crippen molar-refractivity contribution in [3.8, 4) is 0 Å². The number of hydrogen-bond acceptors (Lipinski definition) is 3. The van der Waals surface area contributed by atoms with Crippen LogP contribution in [0, 0.1) is 0 Å². The summed E-state index contributed by atoms with van der Waals surface area (Å²) in [5.74, 6) is 0. The van der Waals surface area contributed by atoms with Gasteiger partial charge in [0.05, 0.1) is 0 Å². The van der Waals surface area contributed by atoms with Crippen LogP contribution in [0.3, 0.4) is 0 Å². The third kappa shape index (κ3) is 1.66. The van der Waals surface area contributed by atoms with Crippen LogP contribution in [0.2, 0.25) is 0 Å². The van der Waals surface area contributed by atoms with E-state index in [0.717, 1.165) is 0 Å². The van der Waals surface area contributed by atoms with Crippen molar-refractivity contribution in [1.29, 1.82) is 0 Å². The Morgan fingerprint density at radius 1 is 1.60 bits per heavy atom. The first kappa shape index (κ1) is 9.84. The van der Waals surface area contributed by atoms with Crippen LogP contribution in [0.5, 0.6) is 0 Å². The van der Waals surface area contributed by atoms with Crippen molar-refractivity contribution in [3.63, 3.8) is 0 Å². The van der Waals surface area contributed by atoms with Crippen LogP contribution in [0.4, 0.5) is 4.79 Å². The Kier molecular flexibility index (Phi) is 3.81. The molecule has 0 amide bonds. The van der Waals surface area contributed by atoms with Crippen LogP contribution >= 0.6 is 11.6 Å². The van der Waals surface area contributed by atoms with Crippen molar-refractivity contribution in [1.82, 2.24) is 0 Å². The molecule has 10 heavy (non-hydrogen) atoms. The molecule has 0 bridgehead atoms. The highest BCUT2D eigenvalue weighted by Gasteiger charge is 2.40. The smallest absolute Gasteiger partial charge is 0.389 e. The first-order chi connectivity index (χ1) is 4.63. The van der Waals surface area contributed by atoms with Gasteiger partial charge in [0.1, 0.15) is 0 Å². The van der Waals surface area contributed by atoms with Crippen LogP contribution in [0.1, 0.15) is 0 Å². The summed E-state index contributed by atoms with van der Waals surface area (Å²) >= 11 is 5.20. The van der Waals surface area contributed by atoms with Gasteiger partial charge in [-0.1, -0.05) is 0 Å². The van der Waals surface area contributed by atoms with Gasteiger partial charge in [-0.15, -0.1) is 6.58 Å². The van der Waals surface area contributed by atoms with Crippen molar-refractivity contribution in [2.45, 2.75) is 0 Å². The third-order valence-corrected chi connectivity index (χ3v) is 4.24. The standard InChI is InChI=1S/C5H9ClO3Si/c1-4-10(8-2,9-3)5(6)7/h4H,1H2,2-3H3. The fraction of sp³-hybridized carbons (Fsp3) is 0.400. The lowest BCUT2D eigenvalue weighted by molar-refractivity contribution is 0.237. The number of rotatable bonds is 4. The Balaban J connectivity index is 4.46. The highest BCUT2D eigenvalue weighted by molar-refractivity contribution is 7.15. The number of carbonyl (C=O) groups excluding carboxylic acids is 1. The molecule has 0 aliphatic carbocycles. The first-order valence-electron chi connectivity index (χ1n) is 2.56. The second-order valence-electron chi connectivity index (χ2n) is 1.55. The molecule has 0 unspecified atom stereocenters. The lowest BCUT2D eigenvalue weighted by atomic mass is 11.3. The first-order valence-corrected chi connectivity index (χ1v) is 4.84. The SMILES string of the molecule is C=C[Si](OC)(OC)C(=O)Cl. The number of hydrogen-bond donors (Lipinski definition) is 0. The van der Waals surface area contributed by atoms with Crippen LogP contribution in [-0.4, -0.2) is 27.6 Å². The minimum Gasteiger partial charge on any atom is -0.389 e. The Morgan fingerprint density at radius 3 is 2.00 bits per heavy atom. The minimum absolute atomic E-state index is 0.604. The van der Waals surface area contributed by atoms with Crippen molar-refractivity contribution in [3.05, 3.63) is 12.3 Å². The highest BCUT2D eigenvalue weighted by Crippen LogP contribution is 2.10. The Bertz CT molecular complexity index is 144. The quantitative estimate of drug-likeness (QED) is 0.485. The molecule has 0 saturated carbocycles. The largest absolute Gasteiger partial charge is 0.455 e. The van der Waals surface area contributed by atoms with Gasteiger partial charge in [0.2, 0.25) is 0 Å². The molecule has 0 radical (unpaired) electrons. The van der Waals surface area contributed by atoms with Gasteiger partial charge in [-0.2, -0.15) is 0 Å². The molecule has 0 spiro atoms. The summed E-state index contributed by atoms with van der Waals surface area (Å²) in [4.78, 5) is 10.1. The van der Waals surface area contributed by atoms with E-state index in [1.807, 2.05) is 0 Å². The van der Waals surface area contributed by atoms with Crippen molar-refractivity contribution >= 4 is 25.0 Å². The van der Waals surface area contributed by atoms with Crippen LogP contribution in [-0.2, 0) is 8.85 Å². The molecule has 0 aromatic rings. The Labute approximate surface area is 65.8 Å². The van der Waals surface area contributed by atoms with Gasteiger partial charge >= 0.3 is 8.56 Å². The molecule has 3 nitrogen and oxygen atoms in total. The van der Waals surface area contributed by atoms with E-state index in [-0.39, 0.29) is 0 Å². The Hall–Kier alpha value is -0.163. The molecule has 0 aromatic carbocycles. The average molecular weight is 181 g/mol. The average Bonchev–Trinajstić information content (AvgIpc) is 1.92. The van der Waals surface area contributed by atoms with Crippen LogP contribution in [0.25, 0.3) is 0 Å². The van der Waals surface area contributed by atoms with E-state index < -0.39 is 13.4 Å². The molecule has 0 aliphatic rings. The zero-order valence-electron chi connectivity index (χ0n) is 5.89. The molecule has 0 aliphatic heterocycles. The second-order valence-corrected chi connectivity index (χ2v) is 5.23. The summed E-state index contributed by atoms with van der Waals surface area (Å²) in [6.07, 6.45) is 0. The molecule has 0 atom stereocenters. The summed E-state index contributed by atoms with van der Waals surface area (Å²) in [7, 11) is -0.159. The summed E-state index contributed by atoms with van der Waals surface area (Å²) in [5.41, 5.74) is 1.34. The predicted octanol–water partition coefficient (Wildman–Crippen LogP) is 1.39. The second kappa shape index (κ2) is 3.87. The van der Waals surface area contributed by atoms with Gasteiger partial charge < -0.3 is 8.85 Å². The molecule has 0 rings (SSSR count). The van der Waals surface area contributed by atoms with E-state index in [4.69, 9.17) is 20.5 Å². The van der Waals surface area contributed by atoms with E-state index in [1.54, 1.807) is 0 Å². The van der Waals surface area contributed by atoms with Gasteiger partial charge in [-0.05, 0) is 17.3 Å². The van der Waals surface area contributed by atoms with Gasteiger partial charge in [-0.25, -0.2) is 0 Å². The lowest BCUT2D eigenvalue weighted by Gasteiger charge is -2.17. The van der Waals surface area contributed by atoms with Gasteiger partial charge in [0.15, 0.2) is 0 Å². The summed E-state index contributed by atoms with van der Waals surface area (Å²) in [6.45, 7) is 3.40. The fourth-order valence-electron chi connectivity index (χ4n) is 0.491. The minimum atomic E-state index is -2.90. The lowest BCUT2D eigenvalue weighted by Crippen LogP contribution is -2.44. The van der Waals surface area contributed by atoms with Gasteiger partial charge in [-0.3, -0.25) is 4.79 Å². The molecule has 0 saturated heterocycles. The van der Waals surface area contributed by atoms with E-state index in [2.05, 4.69) is 6.58 Å². The van der Waals surface area contributed by atoms with E-state index in [9.17, 15) is 4.79 Å². The molecular formula is C5H9ClO3Si. The zero-order valence-corrected chi connectivity index (χ0v) is 7.64. The Morgan fingerprint density at radius 2 is 2.00 bits per heavy atom. The molecule has 0 aromatic heterocycles. The maximum atomic E-state index is 10.7. The fourth-order valence-corrected chi connectivity index (χ4v) is 2.17. The number of halogens is 1. The van der Waals surface area contributed by atoms with Crippen LogP contribution in [0.15, 0.2) is 12.3 Å². The maximum Gasteiger partial charge on any atom is 0.455 e. The summed E-state index contributed by atoms with van der Waals surface area (Å²) < 4.78 is 9.63. The highest BCUT2D eigenvalue weighted by atomic mass is 35.5. The molecule has 0 N–H and O–H groups in total. The molecule has 5 heteroatoms. The molecule has 58 valence electrons. The van der Waals surface area contributed by atoms with E-state index in [0.29, 0.717) is 0 Å². The molecule has 0 fully saturated rings. The normalized spacial score (nSPS) is 11.1. The topological polar surface area (TPSA) is 35.5 Å². The van der Waals surface area contributed by atoms with Gasteiger partial charge in [0.25, 0.3) is 4.87 Å². The summed E-state index contributed by atoms with van der Waals surface area (Å²) in [5, 5.41) is 0. The van der Waals surface area contributed by atoms with Crippen LogP contribution < -0.4 is 0 Å². The predicted molar refractivity (Wildman–Crippen MR) is 41.2 cm³/mol. The van der Waals surface area contributed by atoms with Crippen molar-refractivity contribution in [2.24, 2.45) is 0 Å². The zero-order chi connectivity index (χ0) is 8.20. The van der Waals surface area contributed by atoms with Crippen molar-refractivity contribution < 1.29 is 13.6 Å². The molecule has 0 heterocycles. The van der Waals surface area contributed by atoms with E-state index >= 15 is 0 Å². The van der Waals surface area contributed by atoms with Crippen molar-refractivity contribution in [2.75, 3.05) is 14.2 Å².